The van der Waals surface area contributed by atoms with E-state index in [0.29, 0.717) is 18.9 Å². The zero-order chi connectivity index (χ0) is 27.0. The first kappa shape index (κ1) is 27.9. The lowest BCUT2D eigenvalue weighted by atomic mass is 10.1. The molecule has 0 unspecified atom stereocenters. The fraction of sp³-hybridized carbons (Fsp3) is 0.423. The molecule has 3 rings (SSSR count). The molecule has 11 heteroatoms. The van der Waals surface area contributed by atoms with Crippen molar-refractivity contribution >= 4 is 23.3 Å². The average Bonchev–Trinajstić information content (AvgIpc) is 2.88. The molecule has 1 saturated heterocycles. The molecule has 0 radical (unpaired) electrons. The summed E-state index contributed by atoms with van der Waals surface area (Å²) in [5.41, 5.74) is -0.220. The number of anilines is 2. The van der Waals surface area contributed by atoms with Crippen LogP contribution in [0.4, 0.5) is 33.7 Å². The number of carbonyl (C=O) groups is 2. The molecule has 7 nitrogen and oxygen atoms in total. The summed E-state index contributed by atoms with van der Waals surface area (Å²) >= 11 is 0. The van der Waals surface area contributed by atoms with Gasteiger partial charge in [0.1, 0.15) is 0 Å². The van der Waals surface area contributed by atoms with Gasteiger partial charge in [0.05, 0.1) is 11.3 Å². The number of hydrogen-bond donors (Lipinski definition) is 1. The van der Waals surface area contributed by atoms with Gasteiger partial charge in [0.15, 0.2) is 5.82 Å². The molecule has 1 aromatic heterocycles. The number of hydrogen-bond acceptors (Lipinski definition) is 4. The first-order valence-corrected chi connectivity index (χ1v) is 12.1. The van der Waals surface area contributed by atoms with Gasteiger partial charge in [0.2, 0.25) is 5.91 Å². The minimum absolute atomic E-state index is 0.0857. The van der Waals surface area contributed by atoms with Gasteiger partial charge in [-0.1, -0.05) is 19.1 Å². The molecule has 1 N–H and O–H groups in total. The number of allylic oxidation sites excluding steroid dienone is 1. The fourth-order valence-corrected chi connectivity index (χ4v) is 4.13. The quantitative estimate of drug-likeness (QED) is 0.385. The number of carbonyl (C=O) groups excluding carboxylic acids is 2. The molecule has 37 heavy (non-hydrogen) atoms. The number of nitrogens with zero attached hydrogens (tertiary/aromatic N) is 4. The van der Waals surface area contributed by atoms with E-state index in [1.165, 1.54) is 4.90 Å². The SMILES string of the molecule is CC/C=C(\CCCN(C)c1ccncc1)C(=O)N1CCN(C(=O)Nc2cccc(C(F)(F)F)c2F)CC1. The summed E-state index contributed by atoms with van der Waals surface area (Å²) < 4.78 is 53.1. The van der Waals surface area contributed by atoms with Crippen LogP contribution in [0.5, 0.6) is 0 Å². The van der Waals surface area contributed by atoms with Crippen molar-refractivity contribution in [2.45, 2.75) is 32.4 Å². The van der Waals surface area contributed by atoms with Crippen LogP contribution in [0.15, 0.2) is 54.4 Å². The Hall–Kier alpha value is -3.63. The van der Waals surface area contributed by atoms with Crippen molar-refractivity contribution in [2.75, 3.05) is 50.0 Å². The largest absolute Gasteiger partial charge is 0.419 e. The zero-order valence-corrected chi connectivity index (χ0v) is 20.9. The van der Waals surface area contributed by atoms with Gasteiger partial charge in [-0.3, -0.25) is 9.78 Å². The number of halogens is 4. The van der Waals surface area contributed by atoms with Crippen LogP contribution in [0, 0.1) is 5.82 Å². The van der Waals surface area contributed by atoms with Crippen molar-refractivity contribution in [3.05, 3.63) is 65.8 Å². The number of nitrogens with one attached hydrogen (secondary N) is 1. The van der Waals surface area contributed by atoms with E-state index in [9.17, 15) is 27.2 Å². The van der Waals surface area contributed by atoms with E-state index in [1.54, 1.807) is 17.3 Å². The van der Waals surface area contributed by atoms with E-state index in [0.717, 1.165) is 36.4 Å². The summed E-state index contributed by atoms with van der Waals surface area (Å²) in [4.78, 5) is 34.8. The third-order valence-electron chi connectivity index (χ3n) is 6.17. The van der Waals surface area contributed by atoms with Crippen LogP contribution >= 0.6 is 0 Å². The molecular formula is C26H31F4N5O2. The number of urea groups is 1. The fourth-order valence-electron chi connectivity index (χ4n) is 4.13. The minimum atomic E-state index is -4.87. The van der Waals surface area contributed by atoms with Gasteiger partial charge in [-0.2, -0.15) is 13.2 Å². The number of amides is 3. The van der Waals surface area contributed by atoms with Crippen molar-refractivity contribution in [2.24, 2.45) is 0 Å². The highest BCUT2D eigenvalue weighted by molar-refractivity contribution is 5.94. The summed E-state index contributed by atoms with van der Waals surface area (Å²) in [5, 5.41) is 2.22. The Morgan fingerprint density at radius 2 is 1.73 bits per heavy atom. The molecule has 0 spiro atoms. The number of rotatable bonds is 8. The van der Waals surface area contributed by atoms with E-state index >= 15 is 0 Å². The van der Waals surface area contributed by atoms with Gasteiger partial charge in [-0.25, -0.2) is 9.18 Å². The summed E-state index contributed by atoms with van der Waals surface area (Å²) in [5.74, 6) is -1.61. The van der Waals surface area contributed by atoms with Crippen LogP contribution < -0.4 is 10.2 Å². The van der Waals surface area contributed by atoms with Crippen LogP contribution in [0.2, 0.25) is 0 Å². The second kappa shape index (κ2) is 12.6. The van der Waals surface area contributed by atoms with Crippen LogP contribution in [0.1, 0.15) is 31.7 Å². The Morgan fingerprint density at radius 1 is 1.08 bits per heavy atom. The Kier molecular flexibility index (Phi) is 9.48. The highest BCUT2D eigenvalue weighted by Crippen LogP contribution is 2.34. The highest BCUT2D eigenvalue weighted by Gasteiger charge is 2.35. The molecule has 200 valence electrons. The Labute approximate surface area is 213 Å². The first-order valence-electron chi connectivity index (χ1n) is 12.1. The van der Waals surface area contributed by atoms with Gasteiger partial charge >= 0.3 is 12.2 Å². The predicted molar refractivity (Wildman–Crippen MR) is 134 cm³/mol. The second-order valence-corrected chi connectivity index (χ2v) is 8.74. The molecule has 1 aromatic carbocycles. The standard InChI is InChI=1S/C26H31F4N5O2/c1-3-6-19(7-5-14-33(2)20-10-12-31-13-11-20)24(36)34-15-17-35(18-16-34)25(37)32-22-9-4-8-21(23(22)27)26(28,29)30/h4,6,8-13H,3,5,7,14-18H2,1-2H3,(H,32,37)/b19-6+. The average molecular weight is 522 g/mol. The summed E-state index contributed by atoms with van der Waals surface area (Å²) in [6.07, 6.45) is 2.62. The van der Waals surface area contributed by atoms with Crippen molar-refractivity contribution in [3.63, 3.8) is 0 Å². The summed E-state index contributed by atoms with van der Waals surface area (Å²) in [6, 6.07) is 5.86. The molecule has 3 amide bonds. The lowest BCUT2D eigenvalue weighted by Crippen LogP contribution is -2.52. The molecule has 1 aliphatic heterocycles. The van der Waals surface area contributed by atoms with E-state index < -0.39 is 29.3 Å². The van der Waals surface area contributed by atoms with Gasteiger partial charge < -0.3 is 20.0 Å². The maximum atomic E-state index is 14.3. The van der Waals surface area contributed by atoms with Crippen molar-refractivity contribution in [3.8, 4) is 0 Å². The highest BCUT2D eigenvalue weighted by atomic mass is 19.4. The van der Waals surface area contributed by atoms with E-state index in [1.807, 2.05) is 32.2 Å². The van der Waals surface area contributed by atoms with Gasteiger partial charge in [-0.05, 0) is 43.5 Å². The first-order chi connectivity index (χ1) is 17.6. The van der Waals surface area contributed by atoms with Crippen LogP contribution in [-0.4, -0.2) is 66.5 Å². The zero-order valence-electron chi connectivity index (χ0n) is 20.9. The van der Waals surface area contributed by atoms with Crippen LogP contribution in [0.3, 0.4) is 0 Å². The Balaban J connectivity index is 1.52. The molecule has 1 fully saturated rings. The molecule has 0 atom stereocenters. The topological polar surface area (TPSA) is 68.8 Å². The molecular weight excluding hydrogens is 490 g/mol. The van der Waals surface area contributed by atoms with E-state index in [2.05, 4.69) is 15.2 Å². The molecule has 2 heterocycles. The number of pyridine rings is 1. The van der Waals surface area contributed by atoms with Crippen LogP contribution in [-0.2, 0) is 11.0 Å². The van der Waals surface area contributed by atoms with Gasteiger partial charge in [0.25, 0.3) is 0 Å². The summed E-state index contributed by atoms with van der Waals surface area (Å²) in [6.45, 7) is 3.64. The van der Waals surface area contributed by atoms with Crippen molar-refractivity contribution in [1.29, 1.82) is 0 Å². The monoisotopic (exact) mass is 521 g/mol. The normalized spacial score (nSPS) is 14.5. The van der Waals surface area contributed by atoms with E-state index in [-0.39, 0.29) is 32.1 Å². The minimum Gasteiger partial charge on any atom is -0.374 e. The lowest BCUT2D eigenvalue weighted by molar-refractivity contribution is -0.139. The Bertz CT molecular complexity index is 1100. The summed E-state index contributed by atoms with van der Waals surface area (Å²) in [7, 11) is 1.98. The second-order valence-electron chi connectivity index (χ2n) is 8.74. The van der Waals surface area contributed by atoms with Gasteiger partial charge in [0, 0.05) is 63.4 Å². The predicted octanol–water partition coefficient (Wildman–Crippen LogP) is 5.17. The number of aromatic nitrogens is 1. The molecule has 0 aliphatic carbocycles. The Morgan fingerprint density at radius 3 is 2.35 bits per heavy atom. The number of piperazine rings is 1. The van der Waals surface area contributed by atoms with Gasteiger partial charge in [-0.15, -0.1) is 0 Å². The molecule has 0 bridgehead atoms. The van der Waals surface area contributed by atoms with E-state index in [4.69, 9.17) is 0 Å². The lowest BCUT2D eigenvalue weighted by Gasteiger charge is -2.35. The number of benzene rings is 1. The third kappa shape index (κ3) is 7.43. The molecule has 1 aliphatic rings. The van der Waals surface area contributed by atoms with Crippen LogP contribution in [0.25, 0.3) is 0 Å². The number of alkyl halides is 3. The maximum absolute atomic E-state index is 14.3. The molecule has 2 aromatic rings. The maximum Gasteiger partial charge on any atom is 0.419 e. The smallest absolute Gasteiger partial charge is 0.374 e. The third-order valence-corrected chi connectivity index (χ3v) is 6.17. The molecule has 0 saturated carbocycles. The van der Waals surface area contributed by atoms with Crippen molar-refractivity contribution < 1.29 is 27.2 Å². The van der Waals surface area contributed by atoms with Crippen molar-refractivity contribution in [1.82, 2.24) is 14.8 Å².